The van der Waals surface area contributed by atoms with E-state index in [0.29, 0.717) is 26.9 Å². The summed E-state index contributed by atoms with van der Waals surface area (Å²) < 4.78 is 29.0. The maximum Gasteiger partial charge on any atom is 0.264 e. The quantitative estimate of drug-likeness (QED) is 0.318. The minimum absolute atomic E-state index is 0.0280. The maximum absolute atomic E-state index is 14.0. The normalized spacial score (nSPS) is 12.5. The van der Waals surface area contributed by atoms with E-state index in [2.05, 4.69) is 5.32 Å². The van der Waals surface area contributed by atoms with E-state index in [4.69, 9.17) is 23.2 Å². The first-order chi connectivity index (χ1) is 18.6. The number of halogens is 2. The molecule has 0 aliphatic rings. The van der Waals surface area contributed by atoms with Crippen molar-refractivity contribution in [2.24, 2.45) is 0 Å². The van der Waals surface area contributed by atoms with E-state index < -0.39 is 34.1 Å². The zero-order chi connectivity index (χ0) is 29.8. The summed E-state index contributed by atoms with van der Waals surface area (Å²) in [6.07, 6.45) is 0. The molecule has 40 heavy (non-hydrogen) atoms. The van der Waals surface area contributed by atoms with Crippen LogP contribution >= 0.6 is 23.2 Å². The highest BCUT2D eigenvalue weighted by atomic mass is 35.5. The number of sulfonamides is 1. The number of hydrogen-bond donors (Lipinski definition) is 1. The topological polar surface area (TPSA) is 86.8 Å². The summed E-state index contributed by atoms with van der Waals surface area (Å²) in [5.74, 6) is -0.948. The second kappa shape index (κ2) is 12.6. The van der Waals surface area contributed by atoms with Crippen LogP contribution in [-0.4, -0.2) is 43.3 Å². The number of hydrogen-bond acceptors (Lipinski definition) is 4. The lowest BCUT2D eigenvalue weighted by atomic mass is 10.1. The van der Waals surface area contributed by atoms with E-state index in [1.165, 1.54) is 17.0 Å². The average molecular weight is 605 g/mol. The molecule has 1 atom stereocenters. The van der Waals surface area contributed by atoms with Crippen LogP contribution in [0.2, 0.25) is 10.0 Å². The average Bonchev–Trinajstić information content (AvgIpc) is 2.86. The van der Waals surface area contributed by atoms with Gasteiger partial charge in [0, 0.05) is 22.1 Å². The monoisotopic (exact) mass is 603 g/mol. The van der Waals surface area contributed by atoms with Gasteiger partial charge in [0.1, 0.15) is 12.6 Å². The number of carbonyl (C=O) groups is 2. The lowest BCUT2D eigenvalue weighted by molar-refractivity contribution is -0.140. The summed E-state index contributed by atoms with van der Waals surface area (Å²) in [6.45, 7) is 10.2. The van der Waals surface area contributed by atoms with Crippen molar-refractivity contribution in [2.45, 2.75) is 64.6 Å². The van der Waals surface area contributed by atoms with Gasteiger partial charge in [0.15, 0.2) is 0 Å². The van der Waals surface area contributed by atoms with E-state index in [1.54, 1.807) is 68.4 Å². The number of rotatable bonds is 9. The Labute approximate surface area is 247 Å². The van der Waals surface area contributed by atoms with Gasteiger partial charge in [0.25, 0.3) is 10.0 Å². The van der Waals surface area contributed by atoms with Crippen LogP contribution in [0.3, 0.4) is 0 Å². The van der Waals surface area contributed by atoms with Crippen LogP contribution in [-0.2, 0) is 26.2 Å². The van der Waals surface area contributed by atoms with E-state index in [-0.39, 0.29) is 17.3 Å². The number of aryl methyl sites for hydroxylation is 2. The van der Waals surface area contributed by atoms with E-state index >= 15 is 0 Å². The molecule has 7 nitrogen and oxygen atoms in total. The highest BCUT2D eigenvalue weighted by molar-refractivity contribution is 7.92. The first-order valence-corrected chi connectivity index (χ1v) is 15.0. The molecule has 0 saturated heterocycles. The van der Waals surface area contributed by atoms with Gasteiger partial charge in [-0.2, -0.15) is 0 Å². The Morgan fingerprint density at radius 3 is 2.15 bits per heavy atom. The molecule has 2 amide bonds. The number of benzene rings is 3. The van der Waals surface area contributed by atoms with Gasteiger partial charge in [-0.15, -0.1) is 0 Å². The van der Waals surface area contributed by atoms with E-state index in [0.717, 1.165) is 9.87 Å². The van der Waals surface area contributed by atoms with Crippen LogP contribution in [0.5, 0.6) is 0 Å². The van der Waals surface area contributed by atoms with Crippen molar-refractivity contribution in [1.29, 1.82) is 0 Å². The van der Waals surface area contributed by atoms with Gasteiger partial charge in [-0.05, 0) is 83.0 Å². The van der Waals surface area contributed by atoms with Crippen LogP contribution in [0, 0.1) is 13.8 Å². The van der Waals surface area contributed by atoms with Crippen molar-refractivity contribution in [1.82, 2.24) is 10.2 Å². The smallest absolute Gasteiger partial charge is 0.264 e. The predicted octanol–water partition coefficient (Wildman–Crippen LogP) is 6.14. The number of carbonyl (C=O) groups excluding carboxylic acids is 2. The summed E-state index contributed by atoms with van der Waals surface area (Å²) >= 11 is 12.5. The lowest BCUT2D eigenvalue weighted by Crippen LogP contribution is -2.54. The van der Waals surface area contributed by atoms with Crippen molar-refractivity contribution in [3.8, 4) is 0 Å². The molecular formula is C30H35Cl2N3O4S. The molecule has 0 saturated carbocycles. The molecule has 0 unspecified atom stereocenters. The van der Waals surface area contributed by atoms with Crippen LogP contribution in [0.1, 0.15) is 44.4 Å². The van der Waals surface area contributed by atoms with Gasteiger partial charge < -0.3 is 10.2 Å². The van der Waals surface area contributed by atoms with E-state index in [1.807, 2.05) is 27.7 Å². The highest BCUT2D eigenvalue weighted by Gasteiger charge is 2.34. The number of anilines is 1. The van der Waals surface area contributed by atoms with Gasteiger partial charge in [-0.1, -0.05) is 65.2 Å². The maximum atomic E-state index is 14.0. The number of nitrogens with zero attached hydrogens (tertiary/aromatic N) is 2. The number of amides is 2. The van der Waals surface area contributed by atoms with Gasteiger partial charge in [0.2, 0.25) is 11.8 Å². The number of para-hydroxylation sites is 1. The molecular weight excluding hydrogens is 569 g/mol. The predicted molar refractivity (Wildman–Crippen MR) is 161 cm³/mol. The fourth-order valence-electron chi connectivity index (χ4n) is 4.08. The second-order valence-corrected chi connectivity index (χ2v) is 13.5. The van der Waals surface area contributed by atoms with Crippen LogP contribution in [0.4, 0.5) is 5.69 Å². The molecule has 0 bridgehead atoms. The first kappa shape index (κ1) is 31.5. The Morgan fingerprint density at radius 1 is 0.950 bits per heavy atom. The molecule has 0 radical (unpaired) electrons. The molecule has 10 heteroatoms. The molecule has 0 aliphatic heterocycles. The van der Waals surface area contributed by atoms with Crippen molar-refractivity contribution < 1.29 is 18.0 Å². The van der Waals surface area contributed by atoms with Crippen LogP contribution < -0.4 is 9.62 Å². The molecule has 0 aliphatic carbocycles. The Kier molecular flexibility index (Phi) is 9.93. The minimum atomic E-state index is -4.14. The lowest BCUT2D eigenvalue weighted by Gasteiger charge is -2.34. The van der Waals surface area contributed by atoms with Crippen molar-refractivity contribution in [3.63, 3.8) is 0 Å². The van der Waals surface area contributed by atoms with Gasteiger partial charge >= 0.3 is 0 Å². The number of nitrogens with one attached hydrogen (secondary N) is 1. The van der Waals surface area contributed by atoms with Crippen molar-refractivity contribution in [2.75, 3.05) is 10.8 Å². The van der Waals surface area contributed by atoms with Gasteiger partial charge in [-0.25, -0.2) is 8.42 Å². The molecule has 3 aromatic rings. The zero-order valence-corrected chi connectivity index (χ0v) is 25.9. The SMILES string of the molecule is Cc1ccc(S(=O)(=O)N(CC(=O)N(Cc2ccc(Cl)cc2Cl)[C@@H](C)C(=O)NC(C)(C)C)c2ccccc2C)cc1. The summed E-state index contributed by atoms with van der Waals surface area (Å²) in [7, 11) is -4.14. The molecule has 0 heterocycles. The van der Waals surface area contributed by atoms with Crippen molar-refractivity contribution >= 4 is 50.7 Å². The Morgan fingerprint density at radius 2 is 1.57 bits per heavy atom. The van der Waals surface area contributed by atoms with Crippen LogP contribution in [0.25, 0.3) is 0 Å². The zero-order valence-electron chi connectivity index (χ0n) is 23.5. The molecule has 214 valence electrons. The highest BCUT2D eigenvalue weighted by Crippen LogP contribution is 2.28. The second-order valence-electron chi connectivity index (χ2n) is 10.8. The minimum Gasteiger partial charge on any atom is -0.350 e. The van der Waals surface area contributed by atoms with E-state index in [9.17, 15) is 18.0 Å². The standard InChI is InChI=1S/C30H35Cl2N3O4S/c1-20-11-15-25(16-12-20)40(38,39)35(27-10-8-7-9-21(27)2)19-28(36)34(22(3)29(37)33-30(4,5)6)18-23-13-14-24(31)17-26(23)32/h7-17,22H,18-19H2,1-6H3,(H,33,37)/t22-/m0/s1. The summed E-state index contributed by atoms with van der Waals surface area (Å²) in [6, 6.07) is 17.4. The molecule has 3 rings (SSSR count). The Balaban J connectivity index is 2.07. The van der Waals surface area contributed by atoms with Crippen LogP contribution in [0.15, 0.2) is 71.6 Å². The van der Waals surface area contributed by atoms with Crippen molar-refractivity contribution in [3.05, 3.63) is 93.5 Å². The molecule has 1 N–H and O–H groups in total. The fourth-order valence-corrected chi connectivity index (χ4v) is 6.03. The molecule has 0 fully saturated rings. The van der Waals surface area contributed by atoms with Gasteiger partial charge in [-0.3, -0.25) is 13.9 Å². The Bertz CT molecular complexity index is 1490. The third kappa shape index (κ3) is 7.77. The third-order valence-electron chi connectivity index (χ3n) is 6.29. The molecule has 3 aromatic carbocycles. The summed E-state index contributed by atoms with van der Waals surface area (Å²) in [5.41, 5.74) is 1.98. The summed E-state index contributed by atoms with van der Waals surface area (Å²) in [4.78, 5) is 28.6. The first-order valence-electron chi connectivity index (χ1n) is 12.8. The molecule has 0 aromatic heterocycles. The Hall–Kier alpha value is -3.07. The third-order valence-corrected chi connectivity index (χ3v) is 8.65. The molecule has 0 spiro atoms. The van der Waals surface area contributed by atoms with Gasteiger partial charge in [0.05, 0.1) is 10.6 Å². The fraction of sp³-hybridized carbons (Fsp3) is 0.333. The summed E-state index contributed by atoms with van der Waals surface area (Å²) in [5, 5.41) is 3.66. The largest absolute Gasteiger partial charge is 0.350 e.